The Morgan fingerprint density at radius 1 is 1.32 bits per heavy atom. The summed E-state index contributed by atoms with van der Waals surface area (Å²) in [5, 5.41) is 0. The molecule has 22 heavy (non-hydrogen) atoms. The highest BCUT2D eigenvalue weighted by atomic mass is 16.5. The molecule has 1 atom stereocenters. The van der Waals surface area contributed by atoms with Crippen molar-refractivity contribution in [2.45, 2.75) is 25.5 Å². The lowest BCUT2D eigenvalue weighted by atomic mass is 10.0. The molecule has 0 saturated carbocycles. The van der Waals surface area contributed by atoms with Gasteiger partial charge < -0.3 is 9.64 Å². The van der Waals surface area contributed by atoms with Crippen LogP contribution in [-0.4, -0.2) is 29.4 Å². The normalized spacial score (nSPS) is 17.7. The fraction of sp³-hybridized carbons (Fsp3) is 0.333. The molecule has 1 aromatic heterocycles. The Bertz CT molecular complexity index is 643. The monoisotopic (exact) mass is 296 g/mol. The molecule has 2 heterocycles. The third-order valence-corrected chi connectivity index (χ3v) is 4.13. The zero-order chi connectivity index (χ0) is 15.4. The highest BCUT2D eigenvalue weighted by Gasteiger charge is 2.31. The maximum absolute atomic E-state index is 13.0. The lowest BCUT2D eigenvalue weighted by Gasteiger charge is -2.25. The molecule has 1 aliphatic heterocycles. The van der Waals surface area contributed by atoms with Crippen LogP contribution in [0.25, 0.3) is 0 Å². The van der Waals surface area contributed by atoms with Crippen LogP contribution in [-0.2, 0) is 11.3 Å². The van der Waals surface area contributed by atoms with Crippen molar-refractivity contribution in [1.82, 2.24) is 9.88 Å². The van der Waals surface area contributed by atoms with Crippen LogP contribution in [0.5, 0.6) is 0 Å². The number of benzene rings is 1. The Morgan fingerprint density at radius 3 is 2.95 bits per heavy atom. The lowest BCUT2D eigenvalue weighted by molar-refractivity contribution is 0.0730. The average molecular weight is 296 g/mol. The van der Waals surface area contributed by atoms with Crippen LogP contribution in [0.1, 0.15) is 40.4 Å². The minimum absolute atomic E-state index is 0.0824. The Labute approximate surface area is 130 Å². The molecule has 0 aliphatic carbocycles. The van der Waals surface area contributed by atoms with Crippen molar-refractivity contribution in [3.8, 4) is 0 Å². The third kappa shape index (κ3) is 2.88. The largest absolute Gasteiger partial charge is 0.380 e. The molecule has 0 unspecified atom stereocenters. The number of aromatic nitrogens is 1. The third-order valence-electron chi connectivity index (χ3n) is 4.13. The molecule has 1 fully saturated rings. The summed E-state index contributed by atoms with van der Waals surface area (Å²) in [4.78, 5) is 19.1. The van der Waals surface area contributed by atoms with Crippen LogP contribution in [0.2, 0.25) is 0 Å². The molecule has 1 amide bonds. The van der Waals surface area contributed by atoms with E-state index in [2.05, 4.69) is 4.98 Å². The number of amides is 1. The van der Waals surface area contributed by atoms with E-state index in [1.807, 2.05) is 47.5 Å². The van der Waals surface area contributed by atoms with E-state index in [0.717, 1.165) is 36.1 Å². The summed E-state index contributed by atoms with van der Waals surface area (Å²) < 4.78 is 5.21. The van der Waals surface area contributed by atoms with E-state index in [0.29, 0.717) is 6.61 Å². The number of hydrogen-bond acceptors (Lipinski definition) is 3. The molecule has 4 heteroatoms. The van der Waals surface area contributed by atoms with E-state index in [1.54, 1.807) is 13.3 Å². The Kier molecular flexibility index (Phi) is 4.49. The Morgan fingerprint density at radius 2 is 2.18 bits per heavy atom. The van der Waals surface area contributed by atoms with Gasteiger partial charge in [-0.15, -0.1) is 0 Å². The topological polar surface area (TPSA) is 42.4 Å². The van der Waals surface area contributed by atoms with E-state index in [9.17, 15) is 4.79 Å². The van der Waals surface area contributed by atoms with Crippen molar-refractivity contribution in [2.75, 3.05) is 13.7 Å². The second-order valence-corrected chi connectivity index (χ2v) is 5.53. The number of carbonyl (C=O) groups excluding carboxylic acids is 1. The molecular formula is C18H20N2O2. The van der Waals surface area contributed by atoms with Gasteiger partial charge in [0.1, 0.15) is 0 Å². The zero-order valence-corrected chi connectivity index (χ0v) is 12.7. The number of carbonyl (C=O) groups is 1. The predicted octanol–water partition coefficient (Wildman–Crippen LogP) is 3.21. The number of nitrogens with zero attached hydrogens (tertiary/aromatic N) is 2. The summed E-state index contributed by atoms with van der Waals surface area (Å²) in [5.41, 5.74) is 2.78. The van der Waals surface area contributed by atoms with Gasteiger partial charge in [0.25, 0.3) is 5.91 Å². The molecular weight excluding hydrogens is 276 g/mol. The van der Waals surface area contributed by atoms with Crippen LogP contribution < -0.4 is 0 Å². The number of ether oxygens (including phenoxy) is 1. The van der Waals surface area contributed by atoms with Gasteiger partial charge in [-0.25, -0.2) is 0 Å². The molecule has 4 nitrogen and oxygen atoms in total. The lowest BCUT2D eigenvalue weighted by Crippen LogP contribution is -2.31. The molecule has 0 radical (unpaired) electrons. The maximum atomic E-state index is 13.0. The van der Waals surface area contributed by atoms with Crippen molar-refractivity contribution >= 4 is 5.91 Å². The molecule has 1 aliphatic rings. The van der Waals surface area contributed by atoms with Gasteiger partial charge in [-0.3, -0.25) is 9.78 Å². The first-order valence-corrected chi connectivity index (χ1v) is 7.59. The molecule has 0 spiro atoms. The highest BCUT2D eigenvalue weighted by molar-refractivity contribution is 5.96. The van der Waals surface area contributed by atoms with Gasteiger partial charge in [0, 0.05) is 31.6 Å². The fourth-order valence-electron chi connectivity index (χ4n) is 3.09. The summed E-state index contributed by atoms with van der Waals surface area (Å²) in [5.74, 6) is 0.0824. The van der Waals surface area contributed by atoms with Crippen molar-refractivity contribution in [3.63, 3.8) is 0 Å². The van der Waals surface area contributed by atoms with Gasteiger partial charge in [-0.2, -0.15) is 0 Å². The second kappa shape index (κ2) is 6.71. The van der Waals surface area contributed by atoms with Crippen LogP contribution in [0.4, 0.5) is 0 Å². The van der Waals surface area contributed by atoms with Gasteiger partial charge in [0.2, 0.25) is 0 Å². The van der Waals surface area contributed by atoms with Gasteiger partial charge in [0.05, 0.1) is 12.6 Å². The quantitative estimate of drug-likeness (QED) is 0.870. The van der Waals surface area contributed by atoms with Gasteiger partial charge >= 0.3 is 0 Å². The molecule has 2 aromatic rings. The number of pyridine rings is 1. The van der Waals surface area contributed by atoms with Crippen molar-refractivity contribution < 1.29 is 9.53 Å². The van der Waals surface area contributed by atoms with Crippen LogP contribution in [0.15, 0.2) is 48.8 Å². The number of methoxy groups -OCH3 is 1. The van der Waals surface area contributed by atoms with Crippen LogP contribution in [0, 0.1) is 0 Å². The maximum Gasteiger partial charge on any atom is 0.254 e. The summed E-state index contributed by atoms with van der Waals surface area (Å²) in [6, 6.07) is 11.8. The molecule has 114 valence electrons. The first-order chi connectivity index (χ1) is 10.8. The van der Waals surface area contributed by atoms with E-state index in [1.165, 1.54) is 0 Å². The van der Waals surface area contributed by atoms with E-state index < -0.39 is 0 Å². The molecule has 3 rings (SSSR count). The number of rotatable bonds is 4. The van der Waals surface area contributed by atoms with Gasteiger partial charge in [0.15, 0.2) is 0 Å². The highest BCUT2D eigenvalue weighted by Crippen LogP contribution is 2.33. The van der Waals surface area contributed by atoms with Crippen molar-refractivity contribution in [1.29, 1.82) is 0 Å². The van der Waals surface area contributed by atoms with Crippen molar-refractivity contribution in [3.05, 3.63) is 65.5 Å². The molecule has 1 aromatic carbocycles. The van der Waals surface area contributed by atoms with Gasteiger partial charge in [-0.1, -0.05) is 24.3 Å². The van der Waals surface area contributed by atoms with Gasteiger partial charge in [-0.05, 0) is 36.1 Å². The van der Waals surface area contributed by atoms with Crippen LogP contribution in [0.3, 0.4) is 0 Å². The summed E-state index contributed by atoms with van der Waals surface area (Å²) in [6.07, 6.45) is 5.64. The Balaban J connectivity index is 1.88. The van der Waals surface area contributed by atoms with E-state index in [-0.39, 0.29) is 11.9 Å². The second-order valence-electron chi connectivity index (χ2n) is 5.53. The molecule has 0 N–H and O–H groups in total. The fourth-order valence-corrected chi connectivity index (χ4v) is 3.09. The average Bonchev–Trinajstić information content (AvgIpc) is 3.05. The van der Waals surface area contributed by atoms with Crippen molar-refractivity contribution in [2.24, 2.45) is 0 Å². The first kappa shape index (κ1) is 14.7. The minimum Gasteiger partial charge on any atom is -0.380 e. The number of likely N-dealkylation sites (tertiary alicyclic amines) is 1. The summed E-state index contributed by atoms with van der Waals surface area (Å²) in [6.45, 7) is 1.24. The van der Waals surface area contributed by atoms with Crippen LogP contribution >= 0.6 is 0 Å². The standard InChI is InChI=1S/C18H20N2O2/c1-22-13-15-6-2-3-8-16(15)18(21)20-11-5-9-17(20)14-7-4-10-19-12-14/h2-4,6-8,10,12,17H,5,9,11,13H2,1H3/t17-/m1/s1. The predicted molar refractivity (Wildman–Crippen MR) is 84.4 cm³/mol. The molecule has 1 saturated heterocycles. The zero-order valence-electron chi connectivity index (χ0n) is 12.7. The number of hydrogen-bond donors (Lipinski definition) is 0. The first-order valence-electron chi connectivity index (χ1n) is 7.59. The molecule has 0 bridgehead atoms. The summed E-state index contributed by atoms with van der Waals surface area (Å²) in [7, 11) is 1.65. The van der Waals surface area contributed by atoms with E-state index in [4.69, 9.17) is 4.74 Å². The SMILES string of the molecule is COCc1ccccc1C(=O)N1CCC[C@@H]1c1cccnc1. The minimum atomic E-state index is 0.0824. The Hall–Kier alpha value is -2.20. The summed E-state index contributed by atoms with van der Waals surface area (Å²) >= 11 is 0. The van der Waals surface area contributed by atoms with E-state index >= 15 is 0 Å². The smallest absolute Gasteiger partial charge is 0.254 e.